The molecule has 0 spiro atoms. The molecule has 1 aromatic heterocycles. The molecule has 230 valence electrons. The zero-order chi connectivity index (χ0) is 29.9. The van der Waals surface area contributed by atoms with Crippen LogP contribution in [-0.4, -0.2) is 29.8 Å². The van der Waals surface area contributed by atoms with E-state index in [0.29, 0.717) is 29.8 Å². The molecule has 0 radical (unpaired) electrons. The number of aliphatic hydroxyl groups excluding tert-OH is 1. The Hall–Kier alpha value is -3.61. The van der Waals surface area contributed by atoms with Crippen LogP contribution in [0.4, 0.5) is 0 Å². The van der Waals surface area contributed by atoms with Gasteiger partial charge < -0.3 is 24.9 Å². The van der Waals surface area contributed by atoms with Gasteiger partial charge in [-0.1, -0.05) is 48.5 Å². The lowest BCUT2D eigenvalue weighted by Gasteiger charge is -2.57. The number of ether oxygens (including phenoxy) is 2. The third kappa shape index (κ3) is 6.57. The topological polar surface area (TPSA) is 83.6 Å². The number of aromatic nitrogens is 1. The molecule has 4 bridgehead atoms. The lowest BCUT2D eigenvalue weighted by molar-refractivity contribution is -0.0622. The van der Waals surface area contributed by atoms with Crippen LogP contribution in [0.5, 0.6) is 11.5 Å². The number of rotatable bonds is 13. The molecular formula is C38H44N2O4. The Bertz CT molecular complexity index is 1600. The number of benzene rings is 3. The number of aromatic amines is 1. The molecule has 4 aliphatic rings. The van der Waals surface area contributed by atoms with E-state index in [0.717, 1.165) is 59.6 Å². The fraction of sp³-hybridized carbons (Fsp3) is 0.447. The predicted octanol–water partition coefficient (Wildman–Crippen LogP) is 6.96. The standard InChI is InChI=1S/C38H44N2O4/c41-34(32-9-11-35(37-33(32)10-12-36(42)40-37)44-25-27-5-2-1-3-6-27)24-39-15-13-26-7-4-8-31(20-26)43-16-14-38-21-28-17-29(22-38)19-30(18-28)23-38/h1-12,20,28-30,34,39,41H,13-19,21-25H2,(H,40,42)/t28?,29?,30?,34-,38?/m0/s1. The van der Waals surface area contributed by atoms with E-state index < -0.39 is 6.10 Å². The second-order valence-corrected chi connectivity index (χ2v) is 13.7. The first-order valence-electron chi connectivity index (χ1n) is 16.5. The lowest BCUT2D eigenvalue weighted by Crippen LogP contribution is -2.46. The quantitative estimate of drug-likeness (QED) is 0.146. The highest BCUT2D eigenvalue weighted by molar-refractivity contribution is 5.87. The number of H-pyrrole nitrogens is 1. The third-order valence-corrected chi connectivity index (χ3v) is 10.4. The molecule has 4 aromatic rings. The van der Waals surface area contributed by atoms with Crippen molar-refractivity contribution in [1.82, 2.24) is 10.3 Å². The van der Waals surface area contributed by atoms with E-state index in [1.165, 1.54) is 56.6 Å². The first-order valence-corrected chi connectivity index (χ1v) is 16.5. The van der Waals surface area contributed by atoms with E-state index in [1.54, 1.807) is 6.07 Å². The maximum atomic E-state index is 12.2. The Morgan fingerprint density at radius 1 is 0.864 bits per heavy atom. The van der Waals surface area contributed by atoms with E-state index in [9.17, 15) is 9.90 Å². The number of pyridine rings is 1. The zero-order valence-electron chi connectivity index (χ0n) is 25.5. The van der Waals surface area contributed by atoms with Crippen molar-refractivity contribution in [2.24, 2.45) is 23.2 Å². The van der Waals surface area contributed by atoms with Crippen molar-refractivity contribution < 1.29 is 14.6 Å². The van der Waals surface area contributed by atoms with Crippen LogP contribution >= 0.6 is 0 Å². The van der Waals surface area contributed by atoms with Crippen LogP contribution in [-0.2, 0) is 13.0 Å². The molecule has 1 heterocycles. The summed E-state index contributed by atoms with van der Waals surface area (Å²) in [6.45, 7) is 2.35. The lowest BCUT2D eigenvalue weighted by atomic mass is 9.49. The molecule has 4 aliphatic carbocycles. The molecule has 6 nitrogen and oxygen atoms in total. The first kappa shape index (κ1) is 29.1. The molecule has 8 rings (SSSR count). The highest BCUT2D eigenvalue weighted by Gasteiger charge is 2.50. The number of hydrogen-bond acceptors (Lipinski definition) is 5. The summed E-state index contributed by atoms with van der Waals surface area (Å²) in [6.07, 6.45) is 10.1. The van der Waals surface area contributed by atoms with Gasteiger partial charge in [-0.25, -0.2) is 0 Å². The summed E-state index contributed by atoms with van der Waals surface area (Å²) in [5.74, 6) is 4.50. The molecule has 0 unspecified atom stereocenters. The Kier molecular flexibility index (Phi) is 8.46. The molecule has 6 heteroatoms. The first-order chi connectivity index (χ1) is 21.5. The minimum atomic E-state index is -0.731. The SMILES string of the molecule is O=c1ccc2c([C@@H](O)CNCCc3cccc(OCCC45CC6CC(CC(C6)C4)C5)c3)ccc(OCc3ccccc3)c2[nH]1. The van der Waals surface area contributed by atoms with Gasteiger partial charge in [0.2, 0.25) is 5.56 Å². The van der Waals surface area contributed by atoms with Crippen molar-refractivity contribution in [3.63, 3.8) is 0 Å². The molecule has 4 fully saturated rings. The van der Waals surface area contributed by atoms with Crippen LogP contribution in [0.2, 0.25) is 0 Å². The van der Waals surface area contributed by atoms with Crippen LogP contribution in [0.3, 0.4) is 0 Å². The molecule has 4 saturated carbocycles. The van der Waals surface area contributed by atoms with Gasteiger partial charge in [-0.3, -0.25) is 4.79 Å². The van der Waals surface area contributed by atoms with Gasteiger partial charge in [0.1, 0.15) is 18.1 Å². The predicted molar refractivity (Wildman–Crippen MR) is 174 cm³/mol. The highest BCUT2D eigenvalue weighted by atomic mass is 16.5. The van der Waals surface area contributed by atoms with Crippen molar-refractivity contribution >= 4 is 10.9 Å². The Morgan fingerprint density at radius 3 is 2.39 bits per heavy atom. The number of fused-ring (bicyclic) bond motifs is 1. The normalized spacial score (nSPS) is 24.4. The van der Waals surface area contributed by atoms with Crippen LogP contribution < -0.4 is 20.3 Å². The minimum absolute atomic E-state index is 0.203. The number of nitrogens with one attached hydrogen (secondary N) is 2. The van der Waals surface area contributed by atoms with Gasteiger partial charge in [-0.15, -0.1) is 0 Å². The van der Waals surface area contributed by atoms with Crippen molar-refractivity contribution in [2.45, 2.75) is 64.1 Å². The van der Waals surface area contributed by atoms with Gasteiger partial charge in [0.15, 0.2) is 0 Å². The Labute approximate surface area is 259 Å². The van der Waals surface area contributed by atoms with Crippen molar-refractivity contribution in [2.75, 3.05) is 19.7 Å². The monoisotopic (exact) mass is 592 g/mol. The van der Waals surface area contributed by atoms with Crippen molar-refractivity contribution in [3.05, 3.63) is 106 Å². The van der Waals surface area contributed by atoms with Crippen LogP contribution in [0.25, 0.3) is 10.9 Å². The van der Waals surface area contributed by atoms with Gasteiger partial charge in [0.05, 0.1) is 18.2 Å². The molecule has 0 amide bonds. The summed E-state index contributed by atoms with van der Waals surface area (Å²) >= 11 is 0. The highest BCUT2D eigenvalue weighted by Crippen LogP contribution is 2.61. The molecule has 0 aliphatic heterocycles. The summed E-state index contributed by atoms with van der Waals surface area (Å²) in [4.78, 5) is 15.1. The Balaban J connectivity index is 0.908. The van der Waals surface area contributed by atoms with E-state index in [-0.39, 0.29) is 5.56 Å². The van der Waals surface area contributed by atoms with Crippen LogP contribution in [0, 0.1) is 23.2 Å². The van der Waals surface area contributed by atoms with E-state index in [4.69, 9.17) is 9.47 Å². The fourth-order valence-electron chi connectivity index (χ4n) is 8.75. The smallest absolute Gasteiger partial charge is 0.248 e. The molecule has 1 atom stereocenters. The molecule has 0 saturated heterocycles. The summed E-state index contributed by atoms with van der Waals surface area (Å²) in [7, 11) is 0. The van der Waals surface area contributed by atoms with Gasteiger partial charge in [-0.2, -0.15) is 0 Å². The largest absolute Gasteiger partial charge is 0.494 e. The average molecular weight is 593 g/mol. The van der Waals surface area contributed by atoms with Crippen LogP contribution in [0.1, 0.15) is 67.7 Å². The molecular weight excluding hydrogens is 548 g/mol. The van der Waals surface area contributed by atoms with Gasteiger partial charge in [0, 0.05) is 18.0 Å². The second kappa shape index (κ2) is 12.8. The summed E-state index contributed by atoms with van der Waals surface area (Å²) < 4.78 is 12.3. The van der Waals surface area contributed by atoms with E-state index >= 15 is 0 Å². The van der Waals surface area contributed by atoms with Gasteiger partial charge in [-0.05, 0) is 122 Å². The van der Waals surface area contributed by atoms with E-state index in [2.05, 4.69) is 34.6 Å². The maximum absolute atomic E-state index is 12.2. The average Bonchev–Trinajstić information content (AvgIpc) is 3.02. The molecule has 44 heavy (non-hydrogen) atoms. The van der Waals surface area contributed by atoms with Gasteiger partial charge in [0.25, 0.3) is 0 Å². The van der Waals surface area contributed by atoms with E-state index in [1.807, 2.05) is 42.5 Å². The second-order valence-electron chi connectivity index (χ2n) is 13.7. The summed E-state index contributed by atoms with van der Waals surface area (Å²) in [5, 5.41) is 15.3. The fourth-order valence-corrected chi connectivity index (χ4v) is 8.75. The van der Waals surface area contributed by atoms with Crippen LogP contribution in [0.15, 0.2) is 83.7 Å². The number of hydrogen-bond donors (Lipinski definition) is 3. The van der Waals surface area contributed by atoms with Gasteiger partial charge >= 0.3 is 0 Å². The minimum Gasteiger partial charge on any atom is -0.494 e. The number of aliphatic hydroxyl groups is 1. The maximum Gasteiger partial charge on any atom is 0.248 e. The third-order valence-electron chi connectivity index (χ3n) is 10.4. The summed E-state index contributed by atoms with van der Waals surface area (Å²) in [5.41, 5.74) is 3.97. The molecule has 3 aromatic carbocycles. The van der Waals surface area contributed by atoms with Crippen molar-refractivity contribution in [3.8, 4) is 11.5 Å². The Morgan fingerprint density at radius 2 is 1.61 bits per heavy atom. The molecule has 3 N–H and O–H groups in total. The zero-order valence-corrected chi connectivity index (χ0v) is 25.5. The van der Waals surface area contributed by atoms with Crippen molar-refractivity contribution in [1.29, 1.82) is 0 Å². The summed E-state index contributed by atoms with van der Waals surface area (Å²) in [6, 6.07) is 25.3.